The van der Waals surface area contributed by atoms with Gasteiger partial charge in [0, 0.05) is 18.1 Å². The van der Waals surface area contributed by atoms with Crippen molar-refractivity contribution in [2.45, 2.75) is 4.90 Å². The van der Waals surface area contributed by atoms with Crippen molar-refractivity contribution in [3.8, 4) is 16.3 Å². The van der Waals surface area contributed by atoms with Crippen LogP contribution in [0.1, 0.15) is 10.4 Å². The van der Waals surface area contributed by atoms with Gasteiger partial charge in [-0.2, -0.15) is 5.10 Å². The number of hydrogen-bond donors (Lipinski definition) is 1. The third kappa shape index (κ3) is 4.13. The van der Waals surface area contributed by atoms with Gasteiger partial charge in [0.1, 0.15) is 5.69 Å². The van der Waals surface area contributed by atoms with Crippen molar-refractivity contribution in [1.82, 2.24) is 9.78 Å². The number of amides is 1. The zero-order valence-electron chi connectivity index (χ0n) is 15.4. The van der Waals surface area contributed by atoms with E-state index in [1.54, 1.807) is 23.0 Å². The molecular weight excluding hydrogens is 406 g/mol. The number of carbonyl (C=O) groups is 1. The fourth-order valence-electron chi connectivity index (χ4n) is 2.83. The van der Waals surface area contributed by atoms with E-state index in [-0.39, 0.29) is 10.8 Å². The van der Waals surface area contributed by atoms with Gasteiger partial charge in [0.15, 0.2) is 9.84 Å². The minimum absolute atomic E-state index is 0.201. The molecule has 2 aromatic heterocycles. The molecule has 4 aromatic rings. The van der Waals surface area contributed by atoms with E-state index < -0.39 is 9.84 Å². The SMILES string of the molecule is CS(=O)(=O)c1ccc(NC(=O)c2cn(-c3ccccc3)nc2-c2cccs2)cc1. The van der Waals surface area contributed by atoms with Crippen LogP contribution in [0.3, 0.4) is 0 Å². The van der Waals surface area contributed by atoms with Gasteiger partial charge in [0.05, 0.1) is 21.0 Å². The summed E-state index contributed by atoms with van der Waals surface area (Å²) in [7, 11) is -3.29. The Morgan fingerprint density at radius 1 is 1.00 bits per heavy atom. The summed E-state index contributed by atoms with van der Waals surface area (Å²) in [6.45, 7) is 0. The third-order valence-electron chi connectivity index (χ3n) is 4.27. The fourth-order valence-corrected chi connectivity index (χ4v) is 4.19. The van der Waals surface area contributed by atoms with E-state index in [1.807, 2.05) is 47.8 Å². The first-order valence-corrected chi connectivity index (χ1v) is 11.5. The molecule has 146 valence electrons. The molecule has 0 unspecified atom stereocenters. The third-order valence-corrected chi connectivity index (χ3v) is 6.28. The second-order valence-corrected chi connectivity index (χ2v) is 9.36. The van der Waals surface area contributed by atoms with Gasteiger partial charge in [-0.25, -0.2) is 13.1 Å². The van der Waals surface area contributed by atoms with Crippen LogP contribution >= 0.6 is 11.3 Å². The van der Waals surface area contributed by atoms with E-state index in [1.165, 1.54) is 23.5 Å². The molecule has 29 heavy (non-hydrogen) atoms. The average Bonchev–Trinajstić information content (AvgIpc) is 3.38. The molecule has 0 saturated heterocycles. The maximum absolute atomic E-state index is 13.0. The summed E-state index contributed by atoms with van der Waals surface area (Å²) >= 11 is 1.50. The van der Waals surface area contributed by atoms with Gasteiger partial charge in [0.25, 0.3) is 5.91 Å². The Labute approximate surface area is 172 Å². The average molecular weight is 424 g/mol. The first-order valence-electron chi connectivity index (χ1n) is 8.72. The predicted molar refractivity (Wildman–Crippen MR) is 114 cm³/mol. The highest BCUT2D eigenvalue weighted by Crippen LogP contribution is 2.28. The molecule has 0 fully saturated rings. The minimum atomic E-state index is -3.29. The lowest BCUT2D eigenvalue weighted by atomic mass is 10.2. The van der Waals surface area contributed by atoms with E-state index >= 15 is 0 Å². The number of nitrogens with zero attached hydrogens (tertiary/aromatic N) is 2. The number of hydrogen-bond acceptors (Lipinski definition) is 5. The summed E-state index contributed by atoms with van der Waals surface area (Å²) in [5.41, 5.74) is 2.38. The second kappa shape index (κ2) is 7.65. The Hall–Kier alpha value is -3.23. The van der Waals surface area contributed by atoms with Crippen molar-refractivity contribution in [3.05, 3.63) is 83.9 Å². The zero-order chi connectivity index (χ0) is 20.4. The van der Waals surface area contributed by atoms with Crippen molar-refractivity contribution in [2.75, 3.05) is 11.6 Å². The van der Waals surface area contributed by atoms with Crippen molar-refractivity contribution in [3.63, 3.8) is 0 Å². The molecule has 0 aliphatic rings. The normalized spacial score (nSPS) is 11.3. The van der Waals surface area contributed by atoms with Crippen molar-refractivity contribution >= 4 is 32.8 Å². The van der Waals surface area contributed by atoms with Gasteiger partial charge in [-0.05, 0) is 47.8 Å². The van der Waals surface area contributed by atoms with Crippen LogP contribution in [0.15, 0.2) is 83.2 Å². The molecule has 1 amide bonds. The molecule has 0 saturated carbocycles. The number of sulfone groups is 1. The van der Waals surface area contributed by atoms with Crippen LogP contribution in [0.25, 0.3) is 16.3 Å². The van der Waals surface area contributed by atoms with E-state index in [2.05, 4.69) is 10.4 Å². The van der Waals surface area contributed by atoms with Crippen LogP contribution in [0.2, 0.25) is 0 Å². The van der Waals surface area contributed by atoms with Crippen LogP contribution in [-0.4, -0.2) is 30.4 Å². The van der Waals surface area contributed by atoms with Crippen LogP contribution in [0, 0.1) is 0 Å². The topological polar surface area (TPSA) is 81.1 Å². The van der Waals surface area contributed by atoms with Crippen LogP contribution < -0.4 is 5.32 Å². The number of thiophene rings is 1. The number of anilines is 1. The molecule has 0 bridgehead atoms. The summed E-state index contributed by atoms with van der Waals surface area (Å²) in [5.74, 6) is -0.317. The maximum Gasteiger partial charge on any atom is 0.259 e. The van der Waals surface area contributed by atoms with Crippen molar-refractivity contribution < 1.29 is 13.2 Å². The number of benzene rings is 2. The summed E-state index contributed by atoms with van der Waals surface area (Å²) < 4.78 is 24.9. The Morgan fingerprint density at radius 3 is 2.34 bits per heavy atom. The van der Waals surface area contributed by atoms with E-state index in [4.69, 9.17) is 0 Å². The zero-order valence-corrected chi connectivity index (χ0v) is 17.1. The van der Waals surface area contributed by atoms with Crippen molar-refractivity contribution in [1.29, 1.82) is 0 Å². The molecule has 0 radical (unpaired) electrons. The molecular formula is C21H17N3O3S2. The summed E-state index contributed by atoms with van der Waals surface area (Å²) in [4.78, 5) is 14.1. The molecule has 0 aliphatic heterocycles. The minimum Gasteiger partial charge on any atom is -0.322 e. The first kappa shape index (κ1) is 19.1. The summed E-state index contributed by atoms with van der Waals surface area (Å²) in [6, 6.07) is 19.5. The maximum atomic E-state index is 13.0. The summed E-state index contributed by atoms with van der Waals surface area (Å²) in [6.07, 6.45) is 2.84. The lowest BCUT2D eigenvalue weighted by molar-refractivity contribution is 0.102. The van der Waals surface area contributed by atoms with E-state index in [9.17, 15) is 13.2 Å². The molecule has 0 atom stereocenters. The quantitative estimate of drug-likeness (QED) is 0.520. The van der Waals surface area contributed by atoms with Gasteiger partial charge in [0.2, 0.25) is 0 Å². The molecule has 1 N–H and O–H groups in total. The lowest BCUT2D eigenvalue weighted by Gasteiger charge is -2.06. The van der Waals surface area contributed by atoms with Crippen molar-refractivity contribution in [2.24, 2.45) is 0 Å². The molecule has 8 heteroatoms. The smallest absolute Gasteiger partial charge is 0.259 e. The molecule has 4 rings (SSSR count). The Morgan fingerprint density at radius 2 is 1.72 bits per heavy atom. The van der Waals surface area contributed by atoms with Crippen LogP contribution in [0.4, 0.5) is 5.69 Å². The molecule has 2 aromatic carbocycles. The summed E-state index contributed by atoms with van der Waals surface area (Å²) in [5, 5.41) is 9.37. The van der Waals surface area contributed by atoms with Gasteiger partial charge >= 0.3 is 0 Å². The molecule has 6 nitrogen and oxygen atoms in total. The largest absolute Gasteiger partial charge is 0.322 e. The van der Waals surface area contributed by atoms with Crippen LogP contribution in [-0.2, 0) is 9.84 Å². The Kier molecular flexibility index (Phi) is 5.04. The highest BCUT2D eigenvalue weighted by molar-refractivity contribution is 7.90. The lowest BCUT2D eigenvalue weighted by Crippen LogP contribution is -2.12. The van der Waals surface area contributed by atoms with E-state index in [0.717, 1.165) is 16.8 Å². The van der Waals surface area contributed by atoms with Crippen LogP contribution in [0.5, 0.6) is 0 Å². The molecule has 0 spiro atoms. The standard InChI is InChI=1S/C21H17N3O3S2/c1-29(26,27)17-11-9-15(10-12-17)22-21(25)18-14-24(16-6-3-2-4-7-16)23-20(18)19-8-5-13-28-19/h2-14H,1H3,(H,22,25). The van der Waals surface area contributed by atoms with Gasteiger partial charge in [-0.3, -0.25) is 4.79 Å². The highest BCUT2D eigenvalue weighted by atomic mass is 32.2. The number of rotatable bonds is 5. The first-order chi connectivity index (χ1) is 13.9. The number of aromatic nitrogens is 2. The monoisotopic (exact) mass is 423 g/mol. The molecule has 2 heterocycles. The van der Waals surface area contributed by atoms with Gasteiger partial charge < -0.3 is 5.32 Å². The second-order valence-electron chi connectivity index (χ2n) is 6.40. The van der Waals surface area contributed by atoms with Gasteiger partial charge in [-0.15, -0.1) is 11.3 Å². The number of nitrogens with one attached hydrogen (secondary N) is 1. The number of para-hydroxylation sites is 1. The van der Waals surface area contributed by atoms with E-state index in [0.29, 0.717) is 16.9 Å². The van der Waals surface area contributed by atoms with Gasteiger partial charge in [-0.1, -0.05) is 24.3 Å². The Balaban J connectivity index is 1.68. The predicted octanol–water partition coefficient (Wildman–Crippen LogP) is 4.26. The molecule has 0 aliphatic carbocycles. The highest BCUT2D eigenvalue weighted by Gasteiger charge is 2.19. The number of carbonyl (C=O) groups excluding carboxylic acids is 1. The fraction of sp³-hybridized carbons (Fsp3) is 0.0476. The Bertz CT molecular complexity index is 1240.